The number of fused-ring (bicyclic) bond motifs is 2. The van der Waals surface area contributed by atoms with Crippen LogP contribution < -0.4 is 4.74 Å². The molecular formula is C25H36BrFO4Si. The Kier molecular flexibility index (Phi) is 7.23. The topological polar surface area (TPSA) is 36.9 Å². The second-order valence-electron chi connectivity index (χ2n) is 10.8. The molecule has 5 atom stereocenters. The normalized spacial score (nSPS) is 30.4. The number of ether oxygens (including phenoxy) is 3. The highest BCUT2D eigenvalue weighted by Gasteiger charge is 2.48. The van der Waals surface area contributed by atoms with Gasteiger partial charge in [-0.2, -0.15) is 0 Å². The van der Waals surface area contributed by atoms with Gasteiger partial charge in [-0.05, 0) is 65.5 Å². The van der Waals surface area contributed by atoms with Gasteiger partial charge in [-0.25, -0.2) is 4.39 Å². The van der Waals surface area contributed by atoms with E-state index in [1.165, 1.54) is 0 Å². The van der Waals surface area contributed by atoms with Gasteiger partial charge in [-0.15, -0.1) is 0 Å². The minimum Gasteiger partial charge on any atom is -0.486 e. The molecule has 0 spiro atoms. The van der Waals surface area contributed by atoms with Gasteiger partial charge < -0.3 is 18.6 Å². The van der Waals surface area contributed by atoms with Crippen molar-refractivity contribution in [1.82, 2.24) is 0 Å². The van der Waals surface area contributed by atoms with Crippen LogP contribution in [0.3, 0.4) is 0 Å². The summed E-state index contributed by atoms with van der Waals surface area (Å²) in [6.45, 7) is 12.7. The number of halogens is 2. The highest BCUT2D eigenvalue weighted by Crippen LogP contribution is 2.45. The number of hydrogen-bond donors (Lipinski definition) is 0. The molecule has 2 fully saturated rings. The third-order valence-electron chi connectivity index (χ3n) is 7.62. The van der Waals surface area contributed by atoms with Crippen LogP contribution in [0.2, 0.25) is 18.1 Å². The van der Waals surface area contributed by atoms with Gasteiger partial charge in [0.25, 0.3) is 0 Å². The monoisotopic (exact) mass is 526 g/mol. The average Bonchev–Trinajstić information content (AvgIpc) is 2.93. The Balaban J connectivity index is 1.57. The fourth-order valence-corrected chi connectivity index (χ4v) is 5.91. The molecule has 1 saturated carbocycles. The number of rotatable bonds is 5. The predicted molar refractivity (Wildman–Crippen MR) is 131 cm³/mol. The van der Waals surface area contributed by atoms with Crippen molar-refractivity contribution in [3.05, 3.63) is 34.1 Å². The van der Waals surface area contributed by atoms with E-state index in [4.69, 9.17) is 18.6 Å². The fourth-order valence-electron chi connectivity index (χ4n) is 4.55. The van der Waals surface area contributed by atoms with Crippen molar-refractivity contribution in [2.24, 2.45) is 11.8 Å². The zero-order valence-corrected chi connectivity index (χ0v) is 22.4. The minimum absolute atomic E-state index is 0.0423. The minimum atomic E-state index is -1.92. The van der Waals surface area contributed by atoms with Gasteiger partial charge in [-0.1, -0.05) is 32.9 Å². The number of benzene rings is 1. The molecule has 0 amide bonds. The van der Waals surface area contributed by atoms with Crippen LogP contribution in [0.5, 0.6) is 5.75 Å². The van der Waals surface area contributed by atoms with E-state index in [2.05, 4.69) is 55.9 Å². The van der Waals surface area contributed by atoms with Gasteiger partial charge in [0.15, 0.2) is 26.2 Å². The van der Waals surface area contributed by atoms with E-state index in [9.17, 15) is 4.39 Å². The maximum atomic E-state index is 14.8. The summed E-state index contributed by atoms with van der Waals surface area (Å²) in [5.74, 6) is 0.208. The van der Waals surface area contributed by atoms with E-state index in [-0.39, 0.29) is 41.2 Å². The molecule has 1 aromatic carbocycles. The molecule has 2 heterocycles. The Hall–Kier alpha value is -0.733. The lowest BCUT2D eigenvalue weighted by atomic mass is 9.93. The maximum Gasteiger partial charge on any atom is 0.191 e. The molecule has 32 heavy (non-hydrogen) atoms. The third kappa shape index (κ3) is 5.02. The molecular weight excluding hydrogens is 491 g/mol. The number of hydrogen-bond acceptors (Lipinski definition) is 4. The summed E-state index contributed by atoms with van der Waals surface area (Å²) in [6, 6.07) is 3.62. The van der Waals surface area contributed by atoms with E-state index in [0.29, 0.717) is 23.2 Å². The lowest BCUT2D eigenvalue weighted by Crippen LogP contribution is -2.44. The highest BCUT2D eigenvalue weighted by atomic mass is 79.9. The summed E-state index contributed by atoms with van der Waals surface area (Å²) >= 11 is 3.29. The largest absolute Gasteiger partial charge is 0.486 e. The molecule has 2 aliphatic heterocycles. The zero-order chi connectivity index (χ0) is 23.1. The molecule has 1 aromatic rings. The smallest absolute Gasteiger partial charge is 0.191 e. The Morgan fingerprint density at radius 3 is 2.69 bits per heavy atom. The van der Waals surface area contributed by atoms with Crippen LogP contribution in [0, 0.1) is 17.7 Å². The lowest BCUT2D eigenvalue weighted by Gasteiger charge is -2.38. The molecule has 0 aromatic heterocycles. The van der Waals surface area contributed by atoms with E-state index >= 15 is 0 Å². The van der Waals surface area contributed by atoms with E-state index in [1.54, 1.807) is 6.07 Å². The molecule has 4 nitrogen and oxygen atoms in total. The SMILES string of the molecule is CC(C)(C)[Si](C)(C)OC[C@@H]1[C@H]2C=Cc3ccc(Br)c(F)c3O[C@H]2C[C@H]1OC1CCCCO1. The van der Waals surface area contributed by atoms with E-state index in [1.807, 2.05) is 12.1 Å². The standard InChI is InChI=1S/C25H36BrFO4Si/c1-25(2,3)32(4,5)29-15-18-17-11-9-16-10-12-19(26)23(27)24(16)31-20(17)14-21(18)30-22-8-6-7-13-28-22/h9-12,17-18,20-22H,6-8,13-15H2,1-5H3/t17-,18-,20+,21-,22?/m1/s1. The van der Waals surface area contributed by atoms with Crippen molar-refractivity contribution in [2.45, 2.75) is 83.1 Å². The first-order chi connectivity index (χ1) is 15.1. The second kappa shape index (κ2) is 9.49. The summed E-state index contributed by atoms with van der Waals surface area (Å²) in [7, 11) is -1.92. The van der Waals surface area contributed by atoms with Crippen LogP contribution >= 0.6 is 15.9 Å². The van der Waals surface area contributed by atoms with Crippen molar-refractivity contribution >= 4 is 30.3 Å². The molecule has 0 N–H and O–H groups in total. The van der Waals surface area contributed by atoms with Crippen molar-refractivity contribution in [3.63, 3.8) is 0 Å². The van der Waals surface area contributed by atoms with Crippen molar-refractivity contribution in [1.29, 1.82) is 0 Å². The molecule has 178 valence electrons. The van der Waals surface area contributed by atoms with Gasteiger partial charge in [0.05, 0.1) is 10.6 Å². The zero-order valence-electron chi connectivity index (χ0n) is 19.8. The van der Waals surface area contributed by atoms with Gasteiger partial charge in [0.1, 0.15) is 6.10 Å². The fraction of sp³-hybridized carbons (Fsp3) is 0.680. The summed E-state index contributed by atoms with van der Waals surface area (Å²) in [4.78, 5) is 0. The van der Waals surface area contributed by atoms with Crippen LogP contribution in [0.4, 0.5) is 4.39 Å². The van der Waals surface area contributed by atoms with Crippen molar-refractivity contribution in [2.75, 3.05) is 13.2 Å². The van der Waals surface area contributed by atoms with E-state index < -0.39 is 8.32 Å². The second-order valence-corrected chi connectivity index (χ2v) is 16.5. The summed E-state index contributed by atoms with van der Waals surface area (Å²) in [6.07, 6.45) is 7.63. The lowest BCUT2D eigenvalue weighted by molar-refractivity contribution is -0.197. The predicted octanol–water partition coefficient (Wildman–Crippen LogP) is 6.93. The quantitative estimate of drug-likeness (QED) is 0.389. The van der Waals surface area contributed by atoms with Crippen LogP contribution in [0.1, 0.15) is 52.0 Å². The maximum absolute atomic E-state index is 14.8. The summed E-state index contributed by atoms with van der Waals surface area (Å²) in [5.41, 5.74) is 0.775. The Morgan fingerprint density at radius 2 is 2.00 bits per heavy atom. The highest BCUT2D eigenvalue weighted by molar-refractivity contribution is 9.10. The Morgan fingerprint density at radius 1 is 1.22 bits per heavy atom. The van der Waals surface area contributed by atoms with Crippen LogP contribution in [0.15, 0.2) is 22.7 Å². The van der Waals surface area contributed by atoms with Gasteiger partial charge in [0, 0.05) is 37.0 Å². The molecule has 0 radical (unpaired) electrons. The molecule has 1 saturated heterocycles. The Labute approximate surface area is 201 Å². The summed E-state index contributed by atoms with van der Waals surface area (Å²) < 4.78 is 40.6. The van der Waals surface area contributed by atoms with Crippen molar-refractivity contribution in [3.8, 4) is 5.75 Å². The van der Waals surface area contributed by atoms with Gasteiger partial charge in [0.2, 0.25) is 0 Å². The van der Waals surface area contributed by atoms with Crippen LogP contribution in [-0.2, 0) is 13.9 Å². The molecule has 3 aliphatic rings. The van der Waals surface area contributed by atoms with E-state index in [0.717, 1.165) is 31.4 Å². The molecule has 7 heteroatoms. The van der Waals surface area contributed by atoms with Crippen LogP contribution in [0.25, 0.3) is 6.08 Å². The van der Waals surface area contributed by atoms with Crippen molar-refractivity contribution < 1.29 is 23.0 Å². The third-order valence-corrected chi connectivity index (χ3v) is 12.7. The first-order valence-corrected chi connectivity index (χ1v) is 15.5. The van der Waals surface area contributed by atoms with Crippen LogP contribution in [-0.4, -0.2) is 40.0 Å². The summed E-state index contributed by atoms with van der Waals surface area (Å²) in [5, 5.41) is 0.134. The molecule has 1 unspecified atom stereocenters. The Bertz CT molecular complexity index is 847. The molecule has 1 aliphatic carbocycles. The molecule has 0 bridgehead atoms. The first kappa shape index (κ1) is 24.4. The molecule has 4 rings (SSSR count). The first-order valence-electron chi connectivity index (χ1n) is 11.8. The average molecular weight is 528 g/mol. The van der Waals surface area contributed by atoms with Gasteiger partial charge in [-0.3, -0.25) is 0 Å². The van der Waals surface area contributed by atoms with Gasteiger partial charge >= 0.3 is 0 Å².